The average Bonchev–Trinajstić information content (AvgIpc) is 3.18. The van der Waals surface area contributed by atoms with Crippen LogP contribution in [0.15, 0.2) is 47.4 Å². The largest absolute Gasteiger partial charge is 0.414 e. The minimum Gasteiger partial charge on any atom is -0.414 e. The molecule has 2 aliphatic heterocycles. The number of carbonyl (C=O) groups excluding carboxylic acids is 1. The van der Waals surface area contributed by atoms with Crippen molar-refractivity contribution >= 4 is 23.1 Å². The Morgan fingerprint density at radius 2 is 1.57 bits per heavy atom. The van der Waals surface area contributed by atoms with Crippen LogP contribution in [0.5, 0.6) is 5.88 Å². The third-order valence-electron chi connectivity index (χ3n) is 7.93. The number of aliphatic hydroxyl groups excluding tert-OH is 1. The number of nitrogens with zero attached hydrogens (tertiary/aromatic N) is 2. The Bertz CT molecular complexity index is 1220. The number of ether oxygens (including phenoxy) is 2. The third-order valence-corrected chi connectivity index (χ3v) is 18.2. The van der Waals surface area contributed by atoms with E-state index in [2.05, 4.69) is 60.4 Å². The number of aromatic nitrogens is 2. The molecule has 2 fully saturated rings. The second-order valence-corrected chi connectivity index (χ2v) is 20.7. The summed E-state index contributed by atoms with van der Waals surface area (Å²) in [6, 6.07) is 9.83. The minimum absolute atomic E-state index is 0.0773. The monoisotopic (exact) mass is 590 g/mol. The zero-order chi connectivity index (χ0) is 29.4. The summed E-state index contributed by atoms with van der Waals surface area (Å²) in [7, 11) is -5.76. The lowest BCUT2D eigenvalue weighted by atomic mass is 10.1. The van der Waals surface area contributed by atoms with Crippen molar-refractivity contribution in [2.24, 2.45) is 0 Å². The van der Waals surface area contributed by atoms with Gasteiger partial charge in [-0.15, -0.1) is 0 Å². The number of carbonyl (C=O) groups is 1. The SMILES string of the molecule is CC(C)[Si]1(C(C)C)OC[C@H]2O[C@@H](n3ccc(OC(=O)c4ccccc4)nc3=O)[C@H](O)[C@@H]2O[Si](C(C)C)(C(C)C)O1. The summed E-state index contributed by atoms with van der Waals surface area (Å²) in [6.07, 6.45) is -2.19. The van der Waals surface area contributed by atoms with Gasteiger partial charge in [0.15, 0.2) is 6.23 Å². The fraction of sp³-hybridized carbons (Fsp3) is 0.607. The van der Waals surface area contributed by atoms with Crippen LogP contribution in [0, 0.1) is 0 Å². The van der Waals surface area contributed by atoms with Crippen LogP contribution in [-0.2, 0) is 17.7 Å². The molecule has 0 saturated carbocycles. The number of aliphatic hydroxyl groups is 1. The summed E-state index contributed by atoms with van der Waals surface area (Å²) in [5.41, 5.74) is 0.0956. The number of hydrogen-bond acceptors (Lipinski definition) is 9. The molecule has 12 heteroatoms. The van der Waals surface area contributed by atoms with Gasteiger partial charge in [0, 0.05) is 12.3 Å². The summed E-state index contributed by atoms with van der Waals surface area (Å²) < 4.78 is 33.5. The molecule has 0 amide bonds. The molecule has 10 nitrogen and oxygen atoms in total. The van der Waals surface area contributed by atoms with Crippen molar-refractivity contribution in [2.45, 2.75) is 102 Å². The summed E-state index contributed by atoms with van der Waals surface area (Å²) in [4.78, 5) is 29.4. The lowest BCUT2D eigenvalue weighted by molar-refractivity contribution is -0.0601. The highest BCUT2D eigenvalue weighted by Gasteiger charge is 2.61. The molecular weight excluding hydrogens is 548 g/mol. The zero-order valence-electron chi connectivity index (χ0n) is 24.6. The maximum absolute atomic E-state index is 13.0. The molecule has 2 aliphatic rings. The summed E-state index contributed by atoms with van der Waals surface area (Å²) in [5, 5.41) is 11.5. The smallest absolute Gasteiger partial charge is 0.353 e. The molecule has 40 heavy (non-hydrogen) atoms. The number of benzene rings is 1. The van der Waals surface area contributed by atoms with Crippen molar-refractivity contribution in [1.82, 2.24) is 9.55 Å². The Labute approximate surface area is 238 Å². The van der Waals surface area contributed by atoms with Gasteiger partial charge in [-0.2, -0.15) is 4.98 Å². The molecule has 220 valence electrons. The van der Waals surface area contributed by atoms with Crippen LogP contribution < -0.4 is 10.4 Å². The first-order valence-electron chi connectivity index (χ1n) is 14.0. The minimum atomic E-state index is -2.98. The van der Waals surface area contributed by atoms with E-state index in [4.69, 9.17) is 22.4 Å². The van der Waals surface area contributed by atoms with Crippen molar-refractivity contribution in [3.05, 3.63) is 58.6 Å². The zero-order valence-corrected chi connectivity index (χ0v) is 26.6. The maximum atomic E-state index is 13.0. The topological polar surface area (TPSA) is 118 Å². The Balaban J connectivity index is 1.64. The maximum Gasteiger partial charge on any atom is 0.353 e. The lowest BCUT2D eigenvalue weighted by Gasteiger charge is -2.51. The van der Waals surface area contributed by atoms with Crippen LogP contribution in [0.1, 0.15) is 72.0 Å². The van der Waals surface area contributed by atoms with Gasteiger partial charge in [-0.1, -0.05) is 73.6 Å². The van der Waals surface area contributed by atoms with Crippen molar-refractivity contribution in [2.75, 3.05) is 6.61 Å². The highest BCUT2D eigenvalue weighted by Crippen LogP contribution is 2.48. The molecule has 1 aromatic carbocycles. The first kappa shape index (κ1) is 30.8. The fourth-order valence-electron chi connectivity index (χ4n) is 5.74. The second-order valence-electron chi connectivity index (χ2n) is 11.8. The molecule has 0 spiro atoms. The lowest BCUT2D eigenvalue weighted by Crippen LogP contribution is -2.65. The standard InChI is InChI=1S/C28H42N2O8Si2/c1-17(2)39(18(3)4)34-16-22-25(37-40(38-39,19(5)6)20(7)8)24(31)26(35-22)30-15-14-23(29-28(30)33)36-27(32)21-12-10-9-11-13-21/h9-15,17-20,22,24-26,31H,16H2,1-8H3/t22-,24-,25-,26-/m1/s1. The second kappa shape index (κ2) is 12.0. The van der Waals surface area contributed by atoms with Crippen LogP contribution >= 0.6 is 0 Å². The molecule has 3 heterocycles. The van der Waals surface area contributed by atoms with Crippen molar-refractivity contribution < 1.29 is 32.3 Å². The van der Waals surface area contributed by atoms with E-state index in [1.54, 1.807) is 30.3 Å². The van der Waals surface area contributed by atoms with Gasteiger partial charge >= 0.3 is 28.8 Å². The highest BCUT2D eigenvalue weighted by molar-refractivity contribution is 6.84. The third kappa shape index (κ3) is 5.63. The molecule has 4 rings (SSSR count). The Morgan fingerprint density at radius 1 is 0.975 bits per heavy atom. The van der Waals surface area contributed by atoms with E-state index in [1.165, 1.54) is 16.8 Å². The normalized spacial score (nSPS) is 26.1. The van der Waals surface area contributed by atoms with Crippen molar-refractivity contribution in [1.29, 1.82) is 0 Å². The van der Waals surface area contributed by atoms with Crippen molar-refractivity contribution in [3.63, 3.8) is 0 Å². The van der Waals surface area contributed by atoms with Crippen LogP contribution in [0.4, 0.5) is 0 Å². The van der Waals surface area contributed by atoms with Gasteiger partial charge < -0.3 is 27.5 Å². The van der Waals surface area contributed by atoms with Gasteiger partial charge in [-0.25, -0.2) is 9.59 Å². The highest BCUT2D eigenvalue weighted by atomic mass is 28.5. The number of rotatable bonds is 7. The van der Waals surface area contributed by atoms with Crippen LogP contribution in [0.25, 0.3) is 0 Å². The van der Waals surface area contributed by atoms with Crippen LogP contribution in [0.2, 0.25) is 22.2 Å². The van der Waals surface area contributed by atoms with Gasteiger partial charge in [-0.05, 0) is 34.3 Å². The van der Waals surface area contributed by atoms with E-state index in [0.29, 0.717) is 5.56 Å². The molecule has 0 radical (unpaired) electrons. The molecule has 2 saturated heterocycles. The predicted octanol–water partition coefficient (Wildman–Crippen LogP) is 4.68. The quantitative estimate of drug-likeness (QED) is 0.362. The average molecular weight is 591 g/mol. The summed E-state index contributed by atoms with van der Waals surface area (Å²) >= 11 is 0. The van der Waals surface area contributed by atoms with Crippen LogP contribution in [-0.4, -0.2) is 62.7 Å². The van der Waals surface area contributed by atoms with Gasteiger partial charge in [-0.3, -0.25) is 4.57 Å². The van der Waals surface area contributed by atoms with Gasteiger partial charge in [0.05, 0.1) is 12.2 Å². The molecule has 0 unspecified atom stereocenters. The van der Waals surface area contributed by atoms with Gasteiger partial charge in [0.2, 0.25) is 5.88 Å². The number of hydrogen-bond donors (Lipinski definition) is 1. The van der Waals surface area contributed by atoms with Crippen molar-refractivity contribution in [3.8, 4) is 5.88 Å². The number of esters is 1. The predicted molar refractivity (Wildman–Crippen MR) is 154 cm³/mol. The Hall–Kier alpha value is -2.20. The van der Waals surface area contributed by atoms with E-state index < -0.39 is 53.3 Å². The molecule has 1 aromatic heterocycles. The first-order chi connectivity index (χ1) is 18.8. The summed E-state index contributed by atoms with van der Waals surface area (Å²) in [6.45, 7) is 17.1. The van der Waals surface area contributed by atoms with Gasteiger partial charge in [0.25, 0.3) is 0 Å². The number of fused-ring (bicyclic) bond motifs is 1. The molecule has 1 N–H and O–H groups in total. The van der Waals surface area contributed by atoms with E-state index in [-0.39, 0.29) is 34.7 Å². The Morgan fingerprint density at radius 3 is 2.12 bits per heavy atom. The van der Waals surface area contributed by atoms with Crippen LogP contribution in [0.3, 0.4) is 0 Å². The molecule has 0 bridgehead atoms. The van der Waals surface area contributed by atoms with E-state index in [9.17, 15) is 14.7 Å². The first-order valence-corrected chi connectivity index (χ1v) is 18.0. The fourth-order valence-corrected chi connectivity index (χ4v) is 17.0. The molecule has 4 atom stereocenters. The molecule has 2 aromatic rings. The van der Waals surface area contributed by atoms with E-state index in [1.807, 2.05) is 0 Å². The molecule has 0 aliphatic carbocycles. The van der Waals surface area contributed by atoms with E-state index in [0.717, 1.165) is 0 Å². The summed E-state index contributed by atoms with van der Waals surface area (Å²) in [5.74, 6) is -0.768. The van der Waals surface area contributed by atoms with E-state index >= 15 is 0 Å². The molecular formula is C28H42N2O8Si2. The van der Waals surface area contributed by atoms with Gasteiger partial charge in [0.1, 0.15) is 18.3 Å². The Kier molecular flexibility index (Phi) is 9.20.